The van der Waals surface area contributed by atoms with Crippen LogP contribution in [0, 0.1) is 6.92 Å². The molecule has 9 heteroatoms. The van der Waals surface area contributed by atoms with Crippen molar-refractivity contribution in [3.8, 4) is 0 Å². The number of amidine groups is 1. The SMILES string of the molecule is Cc1sc(Br)cc1S(=O)(=O)NC1(C(N)=NO)CCCCC1. The average Bonchev–Trinajstić information content (AvgIpc) is 2.78. The van der Waals surface area contributed by atoms with Gasteiger partial charge in [-0.15, -0.1) is 11.3 Å². The molecule has 21 heavy (non-hydrogen) atoms. The van der Waals surface area contributed by atoms with Crippen molar-refractivity contribution in [2.75, 3.05) is 0 Å². The van der Waals surface area contributed by atoms with Gasteiger partial charge in [0.05, 0.1) is 14.2 Å². The Morgan fingerprint density at radius 2 is 2.10 bits per heavy atom. The summed E-state index contributed by atoms with van der Waals surface area (Å²) in [6, 6.07) is 1.57. The Kier molecular flexibility index (Phi) is 4.96. The molecular weight excluding hydrogens is 378 g/mol. The number of hydrogen-bond acceptors (Lipinski definition) is 5. The van der Waals surface area contributed by atoms with Gasteiger partial charge in [-0.1, -0.05) is 24.4 Å². The quantitative estimate of drug-likeness (QED) is 0.315. The second-order valence-electron chi connectivity index (χ2n) is 5.20. The van der Waals surface area contributed by atoms with Crippen molar-refractivity contribution in [1.29, 1.82) is 0 Å². The number of halogens is 1. The van der Waals surface area contributed by atoms with Crippen LogP contribution in [0.4, 0.5) is 0 Å². The molecule has 6 nitrogen and oxygen atoms in total. The Hall–Kier alpha value is -0.640. The van der Waals surface area contributed by atoms with Crippen LogP contribution in [0.5, 0.6) is 0 Å². The number of sulfonamides is 1. The highest BCUT2D eigenvalue weighted by molar-refractivity contribution is 9.11. The molecule has 0 saturated heterocycles. The van der Waals surface area contributed by atoms with E-state index in [9.17, 15) is 8.42 Å². The van der Waals surface area contributed by atoms with Crippen molar-refractivity contribution < 1.29 is 13.6 Å². The Bertz CT molecular complexity index is 649. The van der Waals surface area contributed by atoms with Crippen LogP contribution in [-0.4, -0.2) is 25.0 Å². The van der Waals surface area contributed by atoms with Crippen molar-refractivity contribution in [1.82, 2.24) is 4.72 Å². The molecule has 0 aliphatic heterocycles. The summed E-state index contributed by atoms with van der Waals surface area (Å²) >= 11 is 4.65. The van der Waals surface area contributed by atoms with Gasteiger partial charge < -0.3 is 10.9 Å². The highest BCUT2D eigenvalue weighted by atomic mass is 79.9. The fraction of sp³-hybridized carbons (Fsp3) is 0.583. The van der Waals surface area contributed by atoms with E-state index in [0.717, 1.165) is 23.0 Å². The van der Waals surface area contributed by atoms with Crippen LogP contribution >= 0.6 is 27.3 Å². The van der Waals surface area contributed by atoms with E-state index in [4.69, 9.17) is 10.9 Å². The second-order valence-corrected chi connectivity index (χ2v) is 9.49. The van der Waals surface area contributed by atoms with Crippen molar-refractivity contribution >= 4 is 43.1 Å². The summed E-state index contributed by atoms with van der Waals surface area (Å²) in [4.78, 5) is 0.926. The van der Waals surface area contributed by atoms with Gasteiger partial charge in [-0.3, -0.25) is 0 Å². The summed E-state index contributed by atoms with van der Waals surface area (Å²) in [6.45, 7) is 1.75. The fourth-order valence-corrected chi connectivity index (χ4v) is 6.52. The highest BCUT2D eigenvalue weighted by Gasteiger charge is 2.41. The first kappa shape index (κ1) is 16.7. The lowest BCUT2D eigenvalue weighted by molar-refractivity contribution is 0.294. The summed E-state index contributed by atoms with van der Waals surface area (Å²) in [6.07, 6.45) is 3.76. The van der Waals surface area contributed by atoms with Crippen molar-refractivity contribution in [3.05, 3.63) is 14.7 Å². The molecule has 2 rings (SSSR count). The zero-order valence-electron chi connectivity index (χ0n) is 11.6. The third-order valence-corrected chi connectivity index (χ3v) is 7.11. The second kappa shape index (κ2) is 6.23. The van der Waals surface area contributed by atoms with Crippen molar-refractivity contribution in [3.63, 3.8) is 0 Å². The molecule has 1 fully saturated rings. The van der Waals surface area contributed by atoms with Crippen LogP contribution in [0.15, 0.2) is 19.9 Å². The van der Waals surface area contributed by atoms with Crippen molar-refractivity contribution in [2.45, 2.75) is 49.5 Å². The third kappa shape index (κ3) is 3.41. The Balaban J connectivity index is 2.38. The minimum Gasteiger partial charge on any atom is -0.409 e. The maximum atomic E-state index is 12.6. The third-order valence-electron chi connectivity index (χ3n) is 3.77. The highest BCUT2D eigenvalue weighted by Crippen LogP contribution is 2.33. The van der Waals surface area contributed by atoms with Crippen LogP contribution in [0.3, 0.4) is 0 Å². The van der Waals surface area contributed by atoms with E-state index in [1.54, 1.807) is 13.0 Å². The first-order valence-electron chi connectivity index (χ1n) is 6.59. The normalized spacial score (nSPS) is 19.6. The molecule has 1 saturated carbocycles. The number of oxime groups is 1. The van der Waals surface area contributed by atoms with Gasteiger partial charge in [0.2, 0.25) is 10.0 Å². The smallest absolute Gasteiger partial charge is 0.242 e. The van der Waals surface area contributed by atoms with E-state index in [-0.39, 0.29) is 10.7 Å². The lowest BCUT2D eigenvalue weighted by atomic mass is 9.82. The lowest BCUT2D eigenvalue weighted by Crippen LogP contribution is -2.58. The summed E-state index contributed by atoms with van der Waals surface area (Å²) < 4.78 is 28.7. The number of nitrogens with zero attached hydrogens (tertiary/aromatic N) is 1. The molecule has 1 aliphatic carbocycles. The zero-order valence-corrected chi connectivity index (χ0v) is 14.8. The van der Waals surface area contributed by atoms with Crippen LogP contribution in [0.1, 0.15) is 37.0 Å². The number of nitrogens with two attached hydrogens (primary N) is 1. The first-order chi connectivity index (χ1) is 9.81. The molecule has 0 radical (unpaired) electrons. The van der Waals surface area contributed by atoms with Gasteiger partial charge in [0.15, 0.2) is 5.84 Å². The standard InChI is InChI=1S/C12H18BrN3O3S2/c1-8-9(7-10(13)20-8)21(18,19)16-12(11(14)15-17)5-3-2-4-6-12/h7,16-17H,2-6H2,1H3,(H2,14,15). The molecule has 118 valence electrons. The van der Waals surface area contributed by atoms with Crippen LogP contribution in [0.25, 0.3) is 0 Å². The molecule has 1 heterocycles. The van der Waals surface area contributed by atoms with E-state index >= 15 is 0 Å². The fourth-order valence-electron chi connectivity index (χ4n) is 2.67. The van der Waals surface area contributed by atoms with E-state index in [2.05, 4.69) is 25.8 Å². The van der Waals surface area contributed by atoms with E-state index in [1.165, 1.54) is 11.3 Å². The predicted octanol–water partition coefficient (Wildman–Crippen LogP) is 2.55. The zero-order chi connectivity index (χ0) is 15.7. The van der Waals surface area contributed by atoms with Crippen LogP contribution < -0.4 is 10.5 Å². The molecule has 0 spiro atoms. The van der Waals surface area contributed by atoms with Gasteiger partial charge in [0.25, 0.3) is 0 Å². The summed E-state index contributed by atoms with van der Waals surface area (Å²) in [5.74, 6) is -0.0716. The predicted molar refractivity (Wildman–Crippen MR) is 86.3 cm³/mol. The maximum Gasteiger partial charge on any atom is 0.242 e. The minimum absolute atomic E-state index is 0.0716. The molecule has 0 atom stereocenters. The van der Waals surface area contributed by atoms with E-state index in [1.807, 2.05) is 0 Å². The lowest BCUT2D eigenvalue weighted by Gasteiger charge is -2.36. The average molecular weight is 396 g/mol. The van der Waals surface area contributed by atoms with Gasteiger partial charge in [-0.05, 0) is 41.8 Å². The summed E-state index contributed by atoms with van der Waals surface area (Å²) in [7, 11) is -3.72. The van der Waals surface area contributed by atoms with Crippen molar-refractivity contribution in [2.24, 2.45) is 10.9 Å². The van der Waals surface area contributed by atoms with Gasteiger partial charge >= 0.3 is 0 Å². The van der Waals surface area contributed by atoms with E-state index < -0.39 is 15.6 Å². The molecule has 0 bridgehead atoms. The molecule has 0 aromatic carbocycles. The number of rotatable bonds is 4. The van der Waals surface area contributed by atoms with Crippen LogP contribution in [-0.2, 0) is 10.0 Å². The summed E-state index contributed by atoms with van der Waals surface area (Å²) in [5.41, 5.74) is 4.78. The molecule has 4 N–H and O–H groups in total. The Morgan fingerprint density at radius 1 is 1.48 bits per heavy atom. The monoisotopic (exact) mass is 395 g/mol. The van der Waals surface area contributed by atoms with Gasteiger partial charge in [0.1, 0.15) is 0 Å². The topological polar surface area (TPSA) is 105 Å². The number of aryl methyl sites for hydroxylation is 1. The minimum atomic E-state index is -3.72. The van der Waals surface area contributed by atoms with Crippen LogP contribution in [0.2, 0.25) is 0 Å². The molecule has 1 aromatic heterocycles. The number of thiophene rings is 1. The number of nitrogens with one attached hydrogen (secondary N) is 1. The van der Waals surface area contributed by atoms with Gasteiger partial charge in [-0.25, -0.2) is 8.42 Å². The molecule has 0 amide bonds. The Morgan fingerprint density at radius 3 is 2.57 bits per heavy atom. The first-order valence-corrected chi connectivity index (χ1v) is 9.68. The summed E-state index contributed by atoms with van der Waals surface area (Å²) in [5, 5.41) is 12.1. The van der Waals surface area contributed by atoms with Gasteiger partial charge in [0, 0.05) is 4.88 Å². The molecule has 1 aliphatic rings. The maximum absolute atomic E-state index is 12.6. The molecular formula is C12H18BrN3O3S2. The largest absolute Gasteiger partial charge is 0.409 e. The van der Waals surface area contributed by atoms with E-state index in [0.29, 0.717) is 17.7 Å². The number of hydrogen-bond donors (Lipinski definition) is 3. The molecule has 0 unspecified atom stereocenters. The van der Waals surface area contributed by atoms with Gasteiger partial charge in [-0.2, -0.15) is 4.72 Å². The Labute approximate surface area is 136 Å². The molecule has 1 aromatic rings.